The lowest BCUT2D eigenvalue weighted by atomic mass is 9.88. The Morgan fingerprint density at radius 2 is 2.00 bits per heavy atom. The zero-order chi connectivity index (χ0) is 20.2. The molecule has 1 aliphatic rings. The van der Waals surface area contributed by atoms with Crippen molar-refractivity contribution in [1.29, 1.82) is 0 Å². The lowest BCUT2D eigenvalue weighted by Gasteiger charge is -2.29. The number of rotatable bonds is 3. The molecule has 0 aliphatic carbocycles. The molecule has 2 aromatic heterocycles. The molecular formula is C18H18Cl2N4O4. The summed E-state index contributed by atoms with van der Waals surface area (Å²) >= 11 is 12.0. The van der Waals surface area contributed by atoms with Gasteiger partial charge >= 0.3 is 0 Å². The molecule has 0 amide bonds. The molecule has 0 saturated carbocycles. The predicted octanol–water partition coefficient (Wildman–Crippen LogP) is 2.06. The second-order valence-corrected chi connectivity index (χ2v) is 7.77. The van der Waals surface area contributed by atoms with Crippen LogP contribution in [0.3, 0.4) is 0 Å². The van der Waals surface area contributed by atoms with Gasteiger partial charge in [0.2, 0.25) is 0 Å². The van der Waals surface area contributed by atoms with Gasteiger partial charge in [0.15, 0.2) is 6.23 Å². The van der Waals surface area contributed by atoms with Crippen molar-refractivity contribution in [2.45, 2.75) is 37.1 Å². The van der Waals surface area contributed by atoms with Crippen LogP contribution in [0.25, 0.3) is 11.0 Å². The number of halogens is 2. The van der Waals surface area contributed by atoms with Crippen LogP contribution in [0.2, 0.25) is 10.0 Å². The lowest BCUT2D eigenvalue weighted by molar-refractivity contribution is -0.115. The van der Waals surface area contributed by atoms with Gasteiger partial charge < -0.3 is 30.4 Å². The summed E-state index contributed by atoms with van der Waals surface area (Å²) in [7, 11) is 0. The Bertz CT molecular complexity index is 1040. The topological polar surface area (TPSA) is 127 Å². The number of benzene rings is 1. The van der Waals surface area contributed by atoms with Crippen molar-refractivity contribution in [3.05, 3.63) is 52.4 Å². The molecule has 10 heteroatoms. The van der Waals surface area contributed by atoms with Gasteiger partial charge in [0.1, 0.15) is 41.7 Å². The fourth-order valence-corrected chi connectivity index (χ4v) is 3.80. The minimum absolute atomic E-state index is 0.261. The lowest BCUT2D eigenvalue weighted by Crippen LogP contribution is -2.47. The van der Waals surface area contributed by atoms with Crippen molar-refractivity contribution >= 4 is 40.1 Å². The predicted molar refractivity (Wildman–Crippen MR) is 104 cm³/mol. The highest BCUT2D eigenvalue weighted by atomic mass is 35.5. The largest absolute Gasteiger partial charge is 0.386 e. The van der Waals surface area contributed by atoms with Gasteiger partial charge in [-0.1, -0.05) is 29.3 Å². The first-order valence-electron chi connectivity index (χ1n) is 8.47. The maximum absolute atomic E-state index is 10.9. The van der Waals surface area contributed by atoms with E-state index in [2.05, 4.69) is 9.97 Å². The minimum atomic E-state index is -1.76. The summed E-state index contributed by atoms with van der Waals surface area (Å²) < 4.78 is 7.45. The Hall–Kier alpha value is -1.94. The van der Waals surface area contributed by atoms with E-state index in [1.165, 1.54) is 19.3 Å². The molecule has 148 valence electrons. The van der Waals surface area contributed by atoms with Gasteiger partial charge in [0.05, 0.1) is 15.4 Å². The summed E-state index contributed by atoms with van der Waals surface area (Å²) in [6.07, 6.45) is -1.80. The highest BCUT2D eigenvalue weighted by Crippen LogP contribution is 2.44. The van der Waals surface area contributed by atoms with Gasteiger partial charge in [-0.3, -0.25) is 0 Å². The molecule has 0 spiro atoms. The summed E-state index contributed by atoms with van der Waals surface area (Å²) in [6.45, 7) is 1.40. The molecule has 5 N–H and O–H groups in total. The Balaban J connectivity index is 1.71. The van der Waals surface area contributed by atoms with E-state index < -0.39 is 30.1 Å². The van der Waals surface area contributed by atoms with Crippen molar-refractivity contribution in [2.75, 3.05) is 5.73 Å². The summed E-state index contributed by atoms with van der Waals surface area (Å²) in [4.78, 5) is 8.11. The maximum atomic E-state index is 10.9. The van der Waals surface area contributed by atoms with Gasteiger partial charge in [-0.05, 0) is 30.7 Å². The van der Waals surface area contributed by atoms with Crippen molar-refractivity contribution < 1.29 is 20.1 Å². The molecule has 1 aliphatic heterocycles. The zero-order valence-electron chi connectivity index (χ0n) is 14.7. The van der Waals surface area contributed by atoms with Gasteiger partial charge in [-0.25, -0.2) is 9.97 Å². The van der Waals surface area contributed by atoms with Crippen LogP contribution in [-0.2, 0) is 4.74 Å². The molecular weight excluding hydrogens is 407 g/mol. The molecule has 0 bridgehead atoms. The van der Waals surface area contributed by atoms with Crippen molar-refractivity contribution in [2.24, 2.45) is 0 Å². The number of anilines is 1. The number of hydrogen-bond donors (Lipinski definition) is 4. The number of nitrogen functional groups attached to an aromatic ring is 1. The zero-order valence-corrected chi connectivity index (χ0v) is 16.2. The first-order valence-corrected chi connectivity index (χ1v) is 9.23. The summed E-state index contributed by atoms with van der Waals surface area (Å²) in [5, 5.41) is 33.7. The van der Waals surface area contributed by atoms with Gasteiger partial charge in [0.25, 0.3) is 0 Å². The number of ether oxygens (including phenoxy) is 1. The molecule has 0 radical (unpaired) electrons. The van der Waals surface area contributed by atoms with E-state index in [1.807, 2.05) is 0 Å². The van der Waals surface area contributed by atoms with E-state index in [1.54, 1.807) is 29.0 Å². The number of fused-ring (bicyclic) bond motifs is 1. The fourth-order valence-electron chi connectivity index (χ4n) is 3.50. The normalized spacial score (nSPS) is 28.7. The van der Waals surface area contributed by atoms with E-state index in [4.69, 9.17) is 33.7 Å². The first-order chi connectivity index (χ1) is 13.2. The number of aliphatic hydroxyl groups excluding tert-OH is 2. The number of aromatic nitrogens is 3. The second-order valence-electron chi connectivity index (χ2n) is 6.96. The van der Waals surface area contributed by atoms with Crippen LogP contribution in [0, 0.1) is 0 Å². The molecule has 1 unspecified atom stereocenters. The quantitative estimate of drug-likeness (QED) is 0.506. The van der Waals surface area contributed by atoms with Crippen molar-refractivity contribution in [3.63, 3.8) is 0 Å². The van der Waals surface area contributed by atoms with E-state index >= 15 is 0 Å². The molecule has 3 aromatic rings. The third-order valence-corrected chi connectivity index (χ3v) is 5.86. The average Bonchev–Trinajstić information content (AvgIpc) is 3.17. The summed E-state index contributed by atoms with van der Waals surface area (Å²) in [5.74, 6) is 0.287. The number of aliphatic hydroxyl groups is 3. The molecule has 1 fully saturated rings. The Labute approximate surface area is 170 Å². The molecule has 8 nitrogen and oxygen atoms in total. The molecule has 28 heavy (non-hydrogen) atoms. The van der Waals surface area contributed by atoms with Gasteiger partial charge in [-0.15, -0.1) is 0 Å². The Morgan fingerprint density at radius 1 is 1.25 bits per heavy atom. The standard InChI is InChI=1S/C18H18Cl2N4O4/c1-18(27)13(26)17(24-5-4-9-15(21)22-7-23-16(9)24)28-14(18)12(25)8-2-3-10(19)11(20)6-8/h2-7,12-14,17,25-27H,1H3,(H2,21,22,23)/t12-,13-,14?,17+,18-/m0/s1. The minimum Gasteiger partial charge on any atom is -0.386 e. The van der Waals surface area contributed by atoms with Gasteiger partial charge in [0, 0.05) is 6.20 Å². The van der Waals surface area contributed by atoms with E-state index in [9.17, 15) is 15.3 Å². The monoisotopic (exact) mass is 424 g/mol. The van der Waals surface area contributed by atoms with Crippen LogP contribution in [0.4, 0.5) is 5.82 Å². The molecule has 1 saturated heterocycles. The van der Waals surface area contributed by atoms with Crippen LogP contribution in [0.5, 0.6) is 0 Å². The van der Waals surface area contributed by atoms with Crippen LogP contribution in [-0.4, -0.2) is 47.7 Å². The number of nitrogens with two attached hydrogens (primary N) is 1. The van der Waals surface area contributed by atoms with Crippen molar-refractivity contribution in [1.82, 2.24) is 14.5 Å². The Morgan fingerprint density at radius 3 is 2.71 bits per heavy atom. The molecule has 3 heterocycles. The molecule has 5 atom stereocenters. The van der Waals surface area contributed by atoms with Crippen LogP contribution < -0.4 is 5.73 Å². The second kappa shape index (κ2) is 6.84. The molecule has 1 aromatic carbocycles. The smallest absolute Gasteiger partial charge is 0.164 e. The van der Waals surface area contributed by atoms with E-state index in [-0.39, 0.29) is 10.8 Å². The summed E-state index contributed by atoms with van der Waals surface area (Å²) in [6, 6.07) is 6.31. The van der Waals surface area contributed by atoms with Crippen LogP contribution >= 0.6 is 23.2 Å². The van der Waals surface area contributed by atoms with E-state index in [0.717, 1.165) is 0 Å². The van der Waals surface area contributed by atoms with Crippen molar-refractivity contribution in [3.8, 4) is 0 Å². The maximum Gasteiger partial charge on any atom is 0.164 e. The van der Waals surface area contributed by atoms with Crippen LogP contribution in [0.15, 0.2) is 36.8 Å². The third-order valence-electron chi connectivity index (χ3n) is 5.12. The molecule has 4 rings (SSSR count). The van der Waals surface area contributed by atoms with Gasteiger partial charge in [-0.2, -0.15) is 0 Å². The SMILES string of the molecule is C[C@@]1(O)C([C@@H](O)c2ccc(Cl)c(Cl)c2)O[C@@H](n2ccc3c(N)ncnc32)[C@@H]1O. The number of hydrogen-bond acceptors (Lipinski definition) is 7. The van der Waals surface area contributed by atoms with Crippen LogP contribution in [0.1, 0.15) is 24.8 Å². The fraction of sp³-hybridized carbons (Fsp3) is 0.333. The van der Waals surface area contributed by atoms with E-state index in [0.29, 0.717) is 21.6 Å². The highest BCUT2D eigenvalue weighted by Gasteiger charge is 2.55. The highest BCUT2D eigenvalue weighted by molar-refractivity contribution is 6.42. The number of nitrogens with zero attached hydrogens (tertiary/aromatic N) is 3. The Kier molecular flexibility index (Phi) is 4.73. The first kappa shape index (κ1) is 19.4. The third kappa shape index (κ3) is 2.93. The average molecular weight is 425 g/mol. The summed E-state index contributed by atoms with van der Waals surface area (Å²) in [5.41, 5.74) is 4.94.